The Hall–Kier alpha value is -4.06. The molecule has 2 aromatic carbocycles. The monoisotopic (exact) mass is 828 g/mol. The molecule has 0 aromatic heterocycles. The third-order valence-corrected chi connectivity index (χ3v) is 9.54. The number of piperidine rings is 2. The van der Waals surface area contributed by atoms with E-state index in [1.807, 2.05) is 41.5 Å². The first-order valence-electron chi connectivity index (χ1n) is 19.9. The number of hydrogen-bond acceptors (Lipinski definition) is 10. The fraction of sp³-hybridized carbons (Fsp3) is 0.628. The normalized spacial score (nSPS) is 14.7. The Balaban J connectivity index is 0.000000571. The predicted octanol–water partition coefficient (Wildman–Crippen LogP) is 5.43. The van der Waals surface area contributed by atoms with Crippen LogP contribution in [0.15, 0.2) is 36.4 Å². The number of likely N-dealkylation sites (tertiary alicyclic amines) is 2. The summed E-state index contributed by atoms with van der Waals surface area (Å²) in [7, 11) is 1.28. The molecule has 16 heteroatoms. The molecule has 13 nitrogen and oxygen atoms in total. The summed E-state index contributed by atoms with van der Waals surface area (Å²) in [6.07, 6.45) is 6.57. The van der Waals surface area contributed by atoms with E-state index in [1.165, 1.54) is 25.3 Å². The van der Waals surface area contributed by atoms with E-state index in [4.69, 9.17) is 24.1 Å². The maximum Gasteiger partial charge on any atom is 1.00 e. The molecule has 0 saturated carbocycles. The van der Waals surface area contributed by atoms with Crippen LogP contribution in [0.4, 0.5) is 18.4 Å². The second-order valence-corrected chi connectivity index (χ2v) is 16.6. The van der Waals surface area contributed by atoms with Crippen molar-refractivity contribution < 1.29 is 81.1 Å². The number of amides is 2. The van der Waals surface area contributed by atoms with Crippen molar-refractivity contribution in [3.8, 4) is 11.5 Å². The van der Waals surface area contributed by atoms with Crippen LogP contribution >= 0.6 is 0 Å². The Kier molecular flexibility index (Phi) is 22.9. The zero-order chi connectivity index (χ0) is 42.2. The molecule has 0 aliphatic carbocycles. The SMILES string of the molecule is CC(C)(C)OC(=O)N1CCC(CCCOc2ccc(CC(=O)O)c(F)c2)CC1.COC(=O)Cc1ccc(OCCCC2CCN(C(=O)OC(C)(C)C)CC2)cc1F.[Li+].[OH-]. The van der Waals surface area contributed by atoms with E-state index in [-0.39, 0.29) is 54.9 Å². The number of carbonyl (C=O) groups excluding carboxylic acids is 3. The van der Waals surface area contributed by atoms with Gasteiger partial charge < -0.3 is 44.1 Å². The number of rotatable bonds is 14. The maximum atomic E-state index is 14.0. The first-order chi connectivity index (χ1) is 26.8. The number of carbonyl (C=O) groups is 4. The number of nitrogens with zero attached hydrogens (tertiary/aromatic N) is 2. The molecular formula is C43H63F2LiN2O11. The number of esters is 1. The molecule has 0 unspecified atom stereocenters. The number of benzene rings is 2. The van der Waals surface area contributed by atoms with Gasteiger partial charge in [-0.1, -0.05) is 12.1 Å². The third-order valence-electron chi connectivity index (χ3n) is 9.54. The Labute approximate surface area is 359 Å². The van der Waals surface area contributed by atoms with Gasteiger partial charge in [-0.25, -0.2) is 18.4 Å². The van der Waals surface area contributed by atoms with Crippen molar-refractivity contribution in [1.29, 1.82) is 0 Å². The van der Waals surface area contributed by atoms with Crippen LogP contribution in [-0.2, 0) is 36.6 Å². The van der Waals surface area contributed by atoms with Gasteiger partial charge in [-0.05, 0) is 128 Å². The van der Waals surface area contributed by atoms with Crippen molar-refractivity contribution in [3.63, 3.8) is 0 Å². The predicted molar refractivity (Wildman–Crippen MR) is 212 cm³/mol. The molecule has 2 aliphatic heterocycles. The summed E-state index contributed by atoms with van der Waals surface area (Å²) in [6.45, 7) is 15.0. The molecule has 0 radical (unpaired) electrons. The van der Waals surface area contributed by atoms with Crippen molar-refractivity contribution >= 4 is 24.1 Å². The fourth-order valence-corrected chi connectivity index (χ4v) is 6.50. The molecule has 4 rings (SSSR count). The van der Waals surface area contributed by atoms with Crippen LogP contribution in [0.2, 0.25) is 0 Å². The second kappa shape index (κ2) is 25.5. The molecular weight excluding hydrogens is 765 g/mol. The minimum absolute atomic E-state index is 0. The number of methoxy groups -OCH3 is 1. The van der Waals surface area contributed by atoms with Crippen LogP contribution in [0.25, 0.3) is 0 Å². The van der Waals surface area contributed by atoms with Crippen LogP contribution in [0, 0.1) is 23.5 Å². The zero-order valence-corrected chi connectivity index (χ0v) is 36.2. The summed E-state index contributed by atoms with van der Waals surface area (Å²) in [5.41, 5.74) is -0.503. The summed E-state index contributed by atoms with van der Waals surface area (Å²) in [5, 5.41) is 8.73. The Morgan fingerprint density at radius 2 is 1.05 bits per heavy atom. The fourth-order valence-electron chi connectivity index (χ4n) is 6.50. The molecule has 0 spiro atoms. The van der Waals surface area contributed by atoms with Crippen molar-refractivity contribution in [2.45, 2.75) is 117 Å². The quantitative estimate of drug-likeness (QED) is 0.111. The van der Waals surface area contributed by atoms with Crippen LogP contribution in [-0.4, -0.2) is 102 Å². The molecule has 0 atom stereocenters. The number of aliphatic carboxylic acids is 1. The van der Waals surface area contributed by atoms with Gasteiger partial charge in [0, 0.05) is 38.3 Å². The van der Waals surface area contributed by atoms with Crippen LogP contribution in [0.1, 0.15) is 104 Å². The average Bonchev–Trinajstić information content (AvgIpc) is 3.13. The van der Waals surface area contributed by atoms with Crippen LogP contribution < -0.4 is 28.3 Å². The van der Waals surface area contributed by atoms with Crippen molar-refractivity contribution in [3.05, 3.63) is 59.2 Å². The van der Waals surface area contributed by atoms with Crippen LogP contribution in [0.3, 0.4) is 0 Å². The molecule has 2 aliphatic rings. The molecule has 2 saturated heterocycles. The third kappa shape index (κ3) is 20.7. The van der Waals surface area contributed by atoms with E-state index in [0.29, 0.717) is 68.3 Å². The molecule has 2 aromatic rings. The van der Waals surface area contributed by atoms with Gasteiger partial charge in [-0.15, -0.1) is 0 Å². The number of hydrogen-bond donors (Lipinski definition) is 1. The minimum atomic E-state index is -1.06. The molecule has 59 heavy (non-hydrogen) atoms. The number of carboxylic acid groups (broad SMARTS) is 1. The van der Waals surface area contributed by atoms with Gasteiger partial charge in [0.25, 0.3) is 0 Å². The standard InChI is InChI=1S/C22H32FNO5.C21H30FNO5.Li.H2O/c1-22(2,3)29-21(26)24-11-9-16(10-12-24)6-5-13-28-18-8-7-17(19(23)15-18)14-20(25)27-4;1-21(2,3)28-20(26)23-10-8-15(9-11-23)5-4-12-27-17-7-6-16(13-19(24)25)18(22)14-17;;/h7-8,15-16H,5-6,9-14H2,1-4H3;6-7,14-15H,4-5,8-13H2,1-3H3,(H,24,25);;1H2/q;;+1;/p-1. The van der Waals surface area contributed by atoms with Gasteiger partial charge >= 0.3 is 43.0 Å². The zero-order valence-electron chi connectivity index (χ0n) is 36.2. The van der Waals surface area contributed by atoms with Gasteiger partial charge in [-0.2, -0.15) is 0 Å². The molecule has 326 valence electrons. The van der Waals surface area contributed by atoms with Gasteiger partial charge in [0.15, 0.2) is 0 Å². The second-order valence-electron chi connectivity index (χ2n) is 16.6. The smallest absolute Gasteiger partial charge is 0.870 e. The van der Waals surface area contributed by atoms with Gasteiger partial charge in [0.2, 0.25) is 0 Å². The van der Waals surface area contributed by atoms with E-state index in [1.54, 1.807) is 28.0 Å². The van der Waals surface area contributed by atoms with Crippen molar-refractivity contribution in [2.75, 3.05) is 46.5 Å². The topological polar surface area (TPSA) is 171 Å². The summed E-state index contributed by atoms with van der Waals surface area (Å²) in [5.74, 6) is -0.618. The summed E-state index contributed by atoms with van der Waals surface area (Å²) >= 11 is 0. The van der Waals surface area contributed by atoms with Crippen molar-refractivity contribution in [1.82, 2.24) is 9.80 Å². The molecule has 2 heterocycles. The Bertz CT molecular complexity index is 1620. The van der Waals surface area contributed by atoms with E-state index in [9.17, 15) is 28.0 Å². The number of ether oxygens (including phenoxy) is 5. The summed E-state index contributed by atoms with van der Waals surface area (Å²) in [6, 6.07) is 8.80. The summed E-state index contributed by atoms with van der Waals surface area (Å²) < 4.78 is 54.4. The largest absolute Gasteiger partial charge is 1.00 e. The molecule has 2 fully saturated rings. The van der Waals surface area contributed by atoms with Gasteiger partial charge in [0.1, 0.15) is 34.3 Å². The van der Waals surface area contributed by atoms with Crippen LogP contribution in [0.5, 0.6) is 11.5 Å². The first-order valence-corrected chi connectivity index (χ1v) is 19.9. The molecule has 2 amide bonds. The van der Waals surface area contributed by atoms with E-state index < -0.39 is 34.8 Å². The number of carboxylic acids is 1. The summed E-state index contributed by atoms with van der Waals surface area (Å²) in [4.78, 5) is 49.6. The maximum absolute atomic E-state index is 14.0. The molecule has 2 N–H and O–H groups in total. The number of halogens is 2. The van der Waals surface area contributed by atoms with E-state index in [0.717, 1.165) is 51.4 Å². The van der Waals surface area contributed by atoms with E-state index >= 15 is 0 Å². The molecule has 0 bridgehead atoms. The first kappa shape index (κ1) is 53.0. The minimum Gasteiger partial charge on any atom is -0.870 e. The van der Waals surface area contributed by atoms with Crippen molar-refractivity contribution in [2.24, 2.45) is 11.8 Å². The Morgan fingerprint density at radius 3 is 1.37 bits per heavy atom. The van der Waals surface area contributed by atoms with Gasteiger partial charge in [-0.3, -0.25) is 9.59 Å². The van der Waals surface area contributed by atoms with E-state index in [2.05, 4.69) is 4.74 Å². The average molecular weight is 829 g/mol. The Morgan fingerprint density at radius 1 is 0.678 bits per heavy atom. The van der Waals surface area contributed by atoms with Gasteiger partial charge in [0.05, 0.1) is 33.2 Å².